The Labute approximate surface area is 103 Å². The molecule has 100 valence electrons. The van der Waals surface area contributed by atoms with E-state index in [9.17, 15) is 13.2 Å². The molecule has 0 saturated carbocycles. The van der Waals surface area contributed by atoms with Crippen molar-refractivity contribution in [3.63, 3.8) is 0 Å². The van der Waals surface area contributed by atoms with E-state index in [1.165, 1.54) is 18.2 Å². The lowest BCUT2D eigenvalue weighted by molar-refractivity contribution is -0.274. The molecule has 0 aromatic heterocycles. The molecular formula is C12H14F3NO2. The highest BCUT2D eigenvalue weighted by atomic mass is 19.4. The summed E-state index contributed by atoms with van der Waals surface area (Å²) in [5.74, 6) is -0.249. The smallest absolute Gasteiger partial charge is 0.406 e. The largest absolute Gasteiger partial charge is 0.573 e. The topological polar surface area (TPSA) is 44.5 Å². The van der Waals surface area contributed by atoms with Crippen LogP contribution in [0.15, 0.2) is 24.3 Å². The monoisotopic (exact) mass is 261 g/mol. The molecule has 2 unspecified atom stereocenters. The van der Waals surface area contributed by atoms with E-state index in [2.05, 4.69) is 4.74 Å². The summed E-state index contributed by atoms with van der Waals surface area (Å²) >= 11 is 0. The zero-order valence-corrected chi connectivity index (χ0v) is 9.61. The molecule has 18 heavy (non-hydrogen) atoms. The lowest BCUT2D eigenvalue weighted by Crippen LogP contribution is -2.34. The summed E-state index contributed by atoms with van der Waals surface area (Å²) in [6.45, 7) is 0.572. The molecule has 1 aliphatic rings. The van der Waals surface area contributed by atoms with Crippen LogP contribution in [0.5, 0.6) is 5.75 Å². The third kappa shape index (κ3) is 3.36. The summed E-state index contributed by atoms with van der Waals surface area (Å²) in [6.07, 6.45) is -3.38. The van der Waals surface area contributed by atoms with E-state index in [0.29, 0.717) is 12.2 Å². The lowest BCUT2D eigenvalue weighted by Gasteiger charge is -2.29. The Kier molecular flexibility index (Phi) is 3.77. The fourth-order valence-corrected chi connectivity index (χ4v) is 2.04. The van der Waals surface area contributed by atoms with Crippen molar-refractivity contribution in [2.24, 2.45) is 5.73 Å². The van der Waals surface area contributed by atoms with E-state index in [-0.39, 0.29) is 17.9 Å². The molecule has 1 heterocycles. The van der Waals surface area contributed by atoms with Crippen molar-refractivity contribution in [3.8, 4) is 5.75 Å². The number of hydrogen-bond acceptors (Lipinski definition) is 3. The Morgan fingerprint density at radius 1 is 1.33 bits per heavy atom. The SMILES string of the molecule is NC1CCCOC1c1cccc(OC(F)(F)F)c1. The van der Waals surface area contributed by atoms with Crippen LogP contribution in [0.25, 0.3) is 0 Å². The Balaban J connectivity index is 2.16. The maximum absolute atomic E-state index is 12.1. The van der Waals surface area contributed by atoms with Gasteiger partial charge < -0.3 is 15.2 Å². The van der Waals surface area contributed by atoms with Crippen LogP contribution in [0.1, 0.15) is 24.5 Å². The molecule has 0 radical (unpaired) electrons. The zero-order valence-electron chi connectivity index (χ0n) is 9.61. The summed E-state index contributed by atoms with van der Waals surface area (Å²) in [7, 11) is 0. The van der Waals surface area contributed by atoms with Crippen molar-refractivity contribution in [3.05, 3.63) is 29.8 Å². The first kappa shape index (κ1) is 13.2. The molecule has 2 N–H and O–H groups in total. The first-order valence-electron chi connectivity index (χ1n) is 5.68. The van der Waals surface area contributed by atoms with E-state index in [1.54, 1.807) is 6.07 Å². The van der Waals surface area contributed by atoms with Gasteiger partial charge in [-0.2, -0.15) is 0 Å². The zero-order chi connectivity index (χ0) is 13.2. The second-order valence-electron chi connectivity index (χ2n) is 4.22. The molecule has 0 spiro atoms. The second-order valence-corrected chi connectivity index (χ2v) is 4.22. The summed E-state index contributed by atoms with van der Waals surface area (Å²) in [6, 6.07) is 5.58. The minimum Gasteiger partial charge on any atom is -0.406 e. The molecule has 1 saturated heterocycles. The van der Waals surface area contributed by atoms with Crippen LogP contribution >= 0.6 is 0 Å². The van der Waals surface area contributed by atoms with Crippen molar-refractivity contribution >= 4 is 0 Å². The quantitative estimate of drug-likeness (QED) is 0.890. The van der Waals surface area contributed by atoms with Gasteiger partial charge in [0, 0.05) is 12.6 Å². The van der Waals surface area contributed by atoms with Gasteiger partial charge in [-0.25, -0.2) is 0 Å². The van der Waals surface area contributed by atoms with E-state index < -0.39 is 6.36 Å². The minimum absolute atomic E-state index is 0.195. The Bertz CT molecular complexity index is 409. The summed E-state index contributed by atoms with van der Waals surface area (Å²) in [4.78, 5) is 0. The fraction of sp³-hybridized carbons (Fsp3) is 0.500. The average Bonchev–Trinajstić information content (AvgIpc) is 2.27. The molecule has 0 bridgehead atoms. The van der Waals surface area contributed by atoms with Gasteiger partial charge in [-0.05, 0) is 30.5 Å². The van der Waals surface area contributed by atoms with E-state index in [1.807, 2.05) is 0 Å². The molecule has 3 nitrogen and oxygen atoms in total. The number of alkyl halides is 3. The van der Waals surface area contributed by atoms with Gasteiger partial charge in [0.1, 0.15) is 5.75 Å². The van der Waals surface area contributed by atoms with Gasteiger partial charge in [-0.15, -0.1) is 13.2 Å². The lowest BCUT2D eigenvalue weighted by atomic mass is 9.97. The number of rotatable bonds is 2. The van der Waals surface area contributed by atoms with Crippen molar-refractivity contribution in [1.82, 2.24) is 0 Å². The predicted molar refractivity (Wildman–Crippen MR) is 59.0 cm³/mol. The first-order chi connectivity index (χ1) is 8.46. The van der Waals surface area contributed by atoms with Crippen molar-refractivity contribution in [2.45, 2.75) is 31.3 Å². The molecule has 1 aromatic carbocycles. The minimum atomic E-state index is -4.69. The number of hydrogen-bond donors (Lipinski definition) is 1. The normalized spacial score (nSPS) is 24.9. The van der Waals surface area contributed by atoms with Gasteiger partial charge in [0.25, 0.3) is 0 Å². The van der Waals surface area contributed by atoms with Crippen LogP contribution < -0.4 is 10.5 Å². The highest BCUT2D eigenvalue weighted by Gasteiger charge is 2.32. The maximum Gasteiger partial charge on any atom is 0.573 e. The molecule has 2 atom stereocenters. The van der Waals surface area contributed by atoms with Gasteiger partial charge in [-0.3, -0.25) is 0 Å². The van der Waals surface area contributed by atoms with Gasteiger partial charge >= 0.3 is 6.36 Å². The fourth-order valence-electron chi connectivity index (χ4n) is 2.04. The van der Waals surface area contributed by atoms with E-state index in [0.717, 1.165) is 12.8 Å². The molecule has 1 aliphatic heterocycles. The summed E-state index contributed by atoms with van der Waals surface area (Å²) in [5, 5.41) is 0. The predicted octanol–water partition coefficient (Wildman–Crippen LogP) is 2.76. The highest BCUT2D eigenvalue weighted by Crippen LogP contribution is 2.30. The maximum atomic E-state index is 12.1. The number of ether oxygens (including phenoxy) is 2. The van der Waals surface area contributed by atoms with E-state index >= 15 is 0 Å². The van der Waals surface area contributed by atoms with Crippen molar-refractivity contribution in [2.75, 3.05) is 6.61 Å². The third-order valence-corrected chi connectivity index (χ3v) is 2.79. The standard InChI is InChI=1S/C12H14F3NO2/c13-12(14,15)18-9-4-1-3-8(7-9)11-10(16)5-2-6-17-11/h1,3-4,7,10-11H,2,5-6,16H2. The molecule has 6 heteroatoms. The van der Waals surface area contributed by atoms with Gasteiger partial charge in [0.15, 0.2) is 0 Å². The average molecular weight is 261 g/mol. The van der Waals surface area contributed by atoms with Crippen LogP contribution in [0.4, 0.5) is 13.2 Å². The van der Waals surface area contributed by atoms with Crippen LogP contribution in [0.3, 0.4) is 0 Å². The van der Waals surface area contributed by atoms with Crippen LogP contribution in [0.2, 0.25) is 0 Å². The number of halogens is 3. The molecular weight excluding hydrogens is 247 g/mol. The van der Waals surface area contributed by atoms with Crippen LogP contribution in [0, 0.1) is 0 Å². The Morgan fingerprint density at radius 3 is 2.78 bits per heavy atom. The van der Waals surface area contributed by atoms with E-state index in [4.69, 9.17) is 10.5 Å². The highest BCUT2D eigenvalue weighted by molar-refractivity contribution is 5.31. The molecule has 0 amide bonds. The van der Waals surface area contributed by atoms with Gasteiger partial charge in [0.2, 0.25) is 0 Å². The van der Waals surface area contributed by atoms with Gasteiger partial charge in [0.05, 0.1) is 6.10 Å². The Hall–Kier alpha value is -1.27. The molecule has 1 fully saturated rings. The second kappa shape index (κ2) is 5.16. The number of benzene rings is 1. The number of nitrogens with two attached hydrogens (primary N) is 1. The first-order valence-corrected chi connectivity index (χ1v) is 5.68. The summed E-state index contributed by atoms with van der Waals surface area (Å²) < 4.78 is 45.7. The third-order valence-electron chi connectivity index (χ3n) is 2.79. The summed E-state index contributed by atoms with van der Waals surface area (Å²) in [5.41, 5.74) is 6.52. The van der Waals surface area contributed by atoms with Gasteiger partial charge in [-0.1, -0.05) is 12.1 Å². The molecule has 2 rings (SSSR count). The molecule has 1 aromatic rings. The Morgan fingerprint density at radius 2 is 2.11 bits per heavy atom. The van der Waals surface area contributed by atoms with Crippen LogP contribution in [-0.2, 0) is 4.74 Å². The van der Waals surface area contributed by atoms with Crippen molar-refractivity contribution in [1.29, 1.82) is 0 Å². The van der Waals surface area contributed by atoms with Crippen molar-refractivity contribution < 1.29 is 22.6 Å². The van der Waals surface area contributed by atoms with Crippen LogP contribution in [-0.4, -0.2) is 19.0 Å². The molecule has 0 aliphatic carbocycles.